The standard InChI is InChI=1S/C16H14N2O4S.Na/c17-11-3-4-12-7-9-13(10-8-12)16(23(19,20)21)18-14-5-1-2-6-15(14)22-16;/h1-2,5-10,18H,3-4H2,(H,19,20,21);/q;+1/p-1. The van der Waals surface area contributed by atoms with Gasteiger partial charge in [0.05, 0.1) is 11.8 Å². The first-order chi connectivity index (χ1) is 11.0. The molecule has 0 fully saturated rings. The van der Waals surface area contributed by atoms with Crippen LogP contribution in [0.15, 0.2) is 48.5 Å². The summed E-state index contributed by atoms with van der Waals surface area (Å²) >= 11 is 0. The Balaban J connectivity index is 0.00000208. The summed E-state index contributed by atoms with van der Waals surface area (Å²) in [5.41, 5.74) is 1.52. The van der Waals surface area contributed by atoms with Gasteiger partial charge in [0, 0.05) is 12.0 Å². The average Bonchev–Trinajstić information content (AvgIpc) is 2.94. The molecule has 3 rings (SSSR count). The second kappa shape index (κ2) is 7.13. The Hall–Kier alpha value is -1.56. The minimum atomic E-state index is -4.85. The summed E-state index contributed by atoms with van der Waals surface area (Å²) in [5, 5.41) is 9.12. The van der Waals surface area contributed by atoms with Gasteiger partial charge in [-0.2, -0.15) is 5.26 Å². The molecule has 0 radical (unpaired) electrons. The molecule has 0 bridgehead atoms. The third-order valence-electron chi connectivity index (χ3n) is 3.65. The van der Waals surface area contributed by atoms with Crippen molar-refractivity contribution in [2.75, 3.05) is 5.32 Å². The largest absolute Gasteiger partial charge is 1.00 e. The second-order valence-electron chi connectivity index (χ2n) is 5.15. The maximum Gasteiger partial charge on any atom is 1.00 e. The normalized spacial score (nSPS) is 18.5. The zero-order valence-corrected chi connectivity index (χ0v) is 15.8. The number of para-hydroxylation sites is 2. The van der Waals surface area contributed by atoms with Gasteiger partial charge in [0.2, 0.25) is 0 Å². The van der Waals surface area contributed by atoms with Crippen molar-refractivity contribution in [1.82, 2.24) is 0 Å². The molecular formula is C16H13N2NaO4S. The number of hydrogen-bond acceptors (Lipinski definition) is 6. The van der Waals surface area contributed by atoms with Crippen molar-refractivity contribution < 1.29 is 47.3 Å². The van der Waals surface area contributed by atoms with E-state index >= 15 is 0 Å². The van der Waals surface area contributed by atoms with Crippen molar-refractivity contribution in [3.63, 3.8) is 0 Å². The summed E-state index contributed by atoms with van der Waals surface area (Å²) in [7, 11) is -4.85. The zero-order valence-electron chi connectivity index (χ0n) is 13.0. The molecule has 8 heteroatoms. The molecule has 0 spiro atoms. The minimum absolute atomic E-state index is 0. The Labute approximate surface area is 162 Å². The first-order valence-electron chi connectivity index (χ1n) is 6.94. The van der Waals surface area contributed by atoms with Crippen LogP contribution in [0.25, 0.3) is 0 Å². The molecule has 1 heterocycles. The van der Waals surface area contributed by atoms with Crippen LogP contribution in [0.2, 0.25) is 0 Å². The molecule has 0 amide bonds. The molecule has 1 N–H and O–H groups in total. The van der Waals surface area contributed by atoms with E-state index in [0.29, 0.717) is 24.3 Å². The molecule has 1 unspecified atom stereocenters. The summed E-state index contributed by atoms with van der Waals surface area (Å²) in [4.78, 5) is 0. The van der Waals surface area contributed by atoms with Gasteiger partial charge in [0.1, 0.15) is 5.75 Å². The molecule has 2 aromatic carbocycles. The van der Waals surface area contributed by atoms with Crippen LogP contribution in [-0.2, 0) is 21.6 Å². The Bertz CT molecular complexity index is 851. The number of nitriles is 1. The Morgan fingerprint density at radius 1 is 1.17 bits per heavy atom. The molecule has 2 aromatic rings. The fourth-order valence-corrected chi connectivity index (χ4v) is 3.35. The van der Waals surface area contributed by atoms with E-state index in [1.54, 1.807) is 36.4 Å². The predicted molar refractivity (Wildman–Crippen MR) is 82.4 cm³/mol. The number of aryl methyl sites for hydroxylation is 1. The Morgan fingerprint density at radius 3 is 2.42 bits per heavy atom. The molecule has 1 aliphatic heterocycles. The molecule has 0 saturated carbocycles. The van der Waals surface area contributed by atoms with Gasteiger partial charge >= 0.3 is 29.6 Å². The van der Waals surface area contributed by atoms with Crippen molar-refractivity contribution in [1.29, 1.82) is 5.26 Å². The van der Waals surface area contributed by atoms with E-state index in [1.165, 1.54) is 12.1 Å². The van der Waals surface area contributed by atoms with Gasteiger partial charge in [-0.25, -0.2) is 8.42 Å². The maximum atomic E-state index is 11.9. The molecule has 0 aliphatic carbocycles. The third-order valence-corrected chi connectivity index (χ3v) is 4.78. The van der Waals surface area contributed by atoms with Crippen molar-refractivity contribution in [3.05, 3.63) is 59.7 Å². The molecule has 24 heavy (non-hydrogen) atoms. The topological polar surface area (TPSA) is 102 Å². The van der Waals surface area contributed by atoms with Crippen molar-refractivity contribution in [2.45, 2.75) is 17.9 Å². The van der Waals surface area contributed by atoms with E-state index in [9.17, 15) is 13.0 Å². The van der Waals surface area contributed by atoms with Crippen LogP contribution in [0, 0.1) is 11.3 Å². The SMILES string of the molecule is N#CCCc1ccc(C2(S(=O)(=O)[O-])Nc3ccccc3O2)cc1.[Na+]. The number of ether oxygens (including phenoxy) is 1. The van der Waals surface area contributed by atoms with Crippen molar-refractivity contribution >= 4 is 15.8 Å². The average molecular weight is 352 g/mol. The number of benzene rings is 2. The molecule has 0 aromatic heterocycles. The molecule has 1 aliphatic rings. The van der Waals surface area contributed by atoms with Crippen LogP contribution in [-0.4, -0.2) is 13.0 Å². The van der Waals surface area contributed by atoms with Gasteiger partial charge in [-0.15, -0.1) is 0 Å². The summed E-state index contributed by atoms with van der Waals surface area (Å²) < 4.78 is 41.2. The van der Waals surface area contributed by atoms with Gasteiger partial charge in [0.15, 0.2) is 10.1 Å². The molecule has 0 saturated heterocycles. The third kappa shape index (κ3) is 3.29. The number of fused-ring (bicyclic) bond motifs is 1. The van der Waals surface area contributed by atoms with Gasteiger partial charge < -0.3 is 14.6 Å². The monoisotopic (exact) mass is 352 g/mol. The minimum Gasteiger partial charge on any atom is -0.743 e. The van der Waals surface area contributed by atoms with Gasteiger partial charge in [-0.05, 0) is 24.1 Å². The van der Waals surface area contributed by atoms with Gasteiger partial charge in [0.25, 0.3) is 5.06 Å². The molecule has 1 atom stereocenters. The van der Waals surface area contributed by atoms with Gasteiger partial charge in [-0.3, -0.25) is 0 Å². The molecule has 118 valence electrons. The summed E-state index contributed by atoms with van der Waals surface area (Å²) in [6.07, 6.45) is 0.924. The molecular weight excluding hydrogens is 339 g/mol. The maximum absolute atomic E-state index is 11.9. The van der Waals surface area contributed by atoms with Gasteiger partial charge in [-0.1, -0.05) is 36.4 Å². The Morgan fingerprint density at radius 2 is 1.83 bits per heavy atom. The van der Waals surface area contributed by atoms with E-state index in [4.69, 9.17) is 10.00 Å². The second-order valence-corrected chi connectivity index (χ2v) is 6.63. The number of rotatable bonds is 4. The van der Waals surface area contributed by atoms with Crippen molar-refractivity contribution in [3.8, 4) is 11.8 Å². The van der Waals surface area contributed by atoms with Crippen LogP contribution in [0.1, 0.15) is 17.5 Å². The predicted octanol–water partition coefficient (Wildman–Crippen LogP) is -0.693. The fourth-order valence-electron chi connectivity index (χ4n) is 2.50. The van der Waals surface area contributed by atoms with E-state index < -0.39 is 15.2 Å². The summed E-state index contributed by atoms with van der Waals surface area (Å²) in [6.45, 7) is 0. The van der Waals surface area contributed by atoms with Crippen LogP contribution in [0.3, 0.4) is 0 Å². The first-order valence-corrected chi connectivity index (χ1v) is 8.35. The van der Waals surface area contributed by atoms with E-state index in [2.05, 4.69) is 5.32 Å². The number of nitrogens with zero attached hydrogens (tertiary/aromatic N) is 1. The quantitative estimate of drug-likeness (QED) is 0.577. The number of anilines is 1. The van der Waals surface area contributed by atoms with Crippen LogP contribution >= 0.6 is 0 Å². The van der Waals surface area contributed by atoms with Crippen LogP contribution < -0.4 is 39.6 Å². The van der Waals surface area contributed by atoms with E-state index in [0.717, 1.165) is 5.56 Å². The molecule has 6 nitrogen and oxygen atoms in total. The zero-order chi connectivity index (χ0) is 16.5. The van der Waals surface area contributed by atoms with E-state index in [1.807, 2.05) is 6.07 Å². The summed E-state index contributed by atoms with van der Waals surface area (Å²) in [6, 6.07) is 15.1. The summed E-state index contributed by atoms with van der Waals surface area (Å²) in [5.74, 6) is 0.306. The number of nitrogens with one attached hydrogen (secondary N) is 1. The van der Waals surface area contributed by atoms with Crippen molar-refractivity contribution in [2.24, 2.45) is 0 Å². The number of hydrogen-bond donors (Lipinski definition) is 1. The fraction of sp³-hybridized carbons (Fsp3) is 0.188. The Kier molecular flexibility index (Phi) is 5.58. The smallest absolute Gasteiger partial charge is 0.743 e. The van der Waals surface area contributed by atoms with Crippen LogP contribution in [0.5, 0.6) is 5.75 Å². The van der Waals surface area contributed by atoms with E-state index in [-0.39, 0.29) is 35.1 Å². The first kappa shape index (κ1) is 18.8. The van der Waals surface area contributed by atoms with Crippen LogP contribution in [0.4, 0.5) is 5.69 Å².